The summed E-state index contributed by atoms with van der Waals surface area (Å²) in [5.74, 6) is -0.294. The number of carbonyl (C=O) groups excluding carboxylic acids is 1. The van der Waals surface area contributed by atoms with Crippen LogP contribution in [0.3, 0.4) is 0 Å². The minimum Gasteiger partial charge on any atom is -0.491 e. The molecule has 31 heavy (non-hydrogen) atoms. The van der Waals surface area contributed by atoms with Crippen LogP contribution in [0.15, 0.2) is 82.6 Å². The monoisotopic (exact) mass is 441 g/mol. The number of hydrogen-bond acceptors (Lipinski definition) is 7. The largest absolute Gasteiger partial charge is 0.491 e. The standard InChI is InChI=1S/C22H19NO7S/c1-15(2)29-16-7-11-18(12-8-16)31(27,28)19-13-9-17(10-14-19)30-22(24)20-5-3-4-6-21(20)23(25)26/h3-15H,1-2H3. The lowest BCUT2D eigenvalue weighted by Gasteiger charge is -2.11. The molecule has 0 spiro atoms. The highest BCUT2D eigenvalue weighted by Gasteiger charge is 2.22. The zero-order valence-corrected chi connectivity index (χ0v) is 17.5. The lowest BCUT2D eigenvalue weighted by molar-refractivity contribution is -0.385. The second-order valence-corrected chi connectivity index (χ2v) is 8.73. The Morgan fingerprint density at radius 1 is 0.871 bits per heavy atom. The molecule has 0 saturated carbocycles. The molecule has 0 aliphatic rings. The molecule has 8 nitrogen and oxygen atoms in total. The number of ether oxygens (including phenoxy) is 2. The minimum absolute atomic E-state index is 0.00974. The highest BCUT2D eigenvalue weighted by atomic mass is 32.2. The van der Waals surface area contributed by atoms with E-state index < -0.39 is 20.7 Å². The molecule has 3 aromatic rings. The number of esters is 1. The van der Waals surface area contributed by atoms with Crippen LogP contribution >= 0.6 is 0 Å². The van der Waals surface area contributed by atoms with Crippen molar-refractivity contribution in [1.82, 2.24) is 0 Å². The van der Waals surface area contributed by atoms with Crippen molar-refractivity contribution in [2.75, 3.05) is 0 Å². The van der Waals surface area contributed by atoms with Gasteiger partial charge in [0.1, 0.15) is 17.1 Å². The Hall–Kier alpha value is -3.72. The molecule has 3 aromatic carbocycles. The van der Waals surface area contributed by atoms with E-state index in [1.165, 1.54) is 60.7 Å². The van der Waals surface area contributed by atoms with Crippen molar-refractivity contribution >= 4 is 21.5 Å². The van der Waals surface area contributed by atoms with E-state index in [-0.39, 0.29) is 32.9 Å². The van der Waals surface area contributed by atoms with E-state index in [2.05, 4.69) is 0 Å². The summed E-state index contributed by atoms with van der Waals surface area (Å²) in [4.78, 5) is 22.8. The molecular formula is C22H19NO7S. The van der Waals surface area contributed by atoms with Crippen LogP contribution in [0.5, 0.6) is 11.5 Å². The van der Waals surface area contributed by atoms with Gasteiger partial charge in [-0.25, -0.2) is 13.2 Å². The van der Waals surface area contributed by atoms with Crippen molar-refractivity contribution in [3.8, 4) is 11.5 Å². The van der Waals surface area contributed by atoms with Crippen molar-refractivity contribution in [2.24, 2.45) is 0 Å². The second-order valence-electron chi connectivity index (χ2n) is 6.78. The van der Waals surface area contributed by atoms with Gasteiger partial charge < -0.3 is 9.47 Å². The van der Waals surface area contributed by atoms with Gasteiger partial charge in [0.25, 0.3) is 5.69 Å². The van der Waals surface area contributed by atoms with Gasteiger partial charge in [-0.15, -0.1) is 0 Å². The number of nitro benzene ring substituents is 1. The van der Waals surface area contributed by atoms with Crippen LogP contribution in [0.2, 0.25) is 0 Å². The lowest BCUT2D eigenvalue weighted by Crippen LogP contribution is -2.11. The maximum Gasteiger partial charge on any atom is 0.350 e. The van der Waals surface area contributed by atoms with Gasteiger partial charge in [0.05, 0.1) is 20.8 Å². The van der Waals surface area contributed by atoms with Crippen LogP contribution < -0.4 is 9.47 Å². The van der Waals surface area contributed by atoms with Crippen LogP contribution in [-0.4, -0.2) is 25.4 Å². The van der Waals surface area contributed by atoms with Crippen LogP contribution in [-0.2, 0) is 9.84 Å². The summed E-state index contributed by atoms with van der Waals surface area (Å²) in [5.41, 5.74) is -0.579. The summed E-state index contributed by atoms with van der Waals surface area (Å²) in [6.07, 6.45) is -0.0324. The van der Waals surface area contributed by atoms with Gasteiger partial charge in [0.2, 0.25) is 9.84 Å². The highest BCUT2D eigenvalue weighted by molar-refractivity contribution is 7.91. The van der Waals surface area contributed by atoms with Gasteiger partial charge in [-0.3, -0.25) is 10.1 Å². The van der Waals surface area contributed by atoms with Crippen LogP contribution in [0, 0.1) is 10.1 Å². The average Bonchev–Trinajstić information content (AvgIpc) is 2.74. The van der Waals surface area contributed by atoms with Crippen LogP contribution in [0.25, 0.3) is 0 Å². The summed E-state index contributed by atoms with van der Waals surface area (Å²) >= 11 is 0. The molecule has 0 aromatic heterocycles. The molecule has 0 bridgehead atoms. The molecule has 0 aliphatic carbocycles. The van der Waals surface area contributed by atoms with E-state index in [1.807, 2.05) is 13.8 Å². The van der Waals surface area contributed by atoms with Gasteiger partial charge in [-0.05, 0) is 68.4 Å². The zero-order valence-electron chi connectivity index (χ0n) is 16.7. The number of nitro groups is 1. The van der Waals surface area contributed by atoms with Gasteiger partial charge in [-0.1, -0.05) is 12.1 Å². The second kappa shape index (κ2) is 8.97. The van der Waals surface area contributed by atoms with Crippen molar-refractivity contribution < 1.29 is 27.6 Å². The van der Waals surface area contributed by atoms with Crippen molar-refractivity contribution in [1.29, 1.82) is 0 Å². The zero-order chi connectivity index (χ0) is 22.6. The first-order chi connectivity index (χ1) is 14.7. The molecule has 0 saturated heterocycles. The predicted octanol–water partition coefficient (Wildman–Crippen LogP) is 4.43. The number of nitrogens with zero attached hydrogens (tertiary/aromatic N) is 1. The molecule has 160 valence electrons. The summed E-state index contributed by atoms with van der Waals surface area (Å²) < 4.78 is 36.3. The van der Waals surface area contributed by atoms with Crippen molar-refractivity contribution in [3.63, 3.8) is 0 Å². The number of rotatable bonds is 7. The van der Waals surface area contributed by atoms with Gasteiger partial charge in [-0.2, -0.15) is 0 Å². The van der Waals surface area contributed by atoms with E-state index in [0.717, 1.165) is 0 Å². The highest BCUT2D eigenvalue weighted by Crippen LogP contribution is 2.26. The Balaban J connectivity index is 1.78. The number of benzene rings is 3. The topological polar surface area (TPSA) is 113 Å². The van der Waals surface area contributed by atoms with Gasteiger partial charge >= 0.3 is 5.97 Å². The van der Waals surface area contributed by atoms with Crippen molar-refractivity contribution in [3.05, 3.63) is 88.5 Å². The first-order valence-electron chi connectivity index (χ1n) is 9.26. The van der Waals surface area contributed by atoms with Gasteiger partial charge in [0.15, 0.2) is 0 Å². The third-order valence-electron chi connectivity index (χ3n) is 4.17. The number of sulfone groups is 1. The molecule has 0 heterocycles. The molecule has 3 rings (SSSR count). The lowest BCUT2D eigenvalue weighted by atomic mass is 10.2. The fourth-order valence-corrected chi connectivity index (χ4v) is 4.02. The van der Waals surface area contributed by atoms with E-state index in [1.54, 1.807) is 12.1 Å². The third-order valence-corrected chi connectivity index (χ3v) is 5.96. The smallest absolute Gasteiger partial charge is 0.350 e. The Bertz CT molecular complexity index is 1200. The Morgan fingerprint density at radius 2 is 1.39 bits per heavy atom. The fraction of sp³-hybridized carbons (Fsp3) is 0.136. The summed E-state index contributed by atoms with van der Waals surface area (Å²) in [7, 11) is -3.78. The molecule has 0 radical (unpaired) electrons. The molecule has 0 fully saturated rings. The normalized spacial score (nSPS) is 11.2. The number of para-hydroxylation sites is 1. The molecule has 0 aliphatic heterocycles. The van der Waals surface area contributed by atoms with E-state index >= 15 is 0 Å². The van der Waals surface area contributed by atoms with E-state index in [9.17, 15) is 23.3 Å². The first kappa shape index (κ1) is 22.0. The SMILES string of the molecule is CC(C)Oc1ccc(S(=O)(=O)c2ccc(OC(=O)c3ccccc3[N+](=O)[O-])cc2)cc1. The van der Waals surface area contributed by atoms with Gasteiger partial charge in [0, 0.05) is 6.07 Å². The van der Waals surface area contributed by atoms with Crippen LogP contribution in [0.1, 0.15) is 24.2 Å². The van der Waals surface area contributed by atoms with E-state index in [4.69, 9.17) is 9.47 Å². The Kier molecular flexibility index (Phi) is 6.36. The average molecular weight is 441 g/mol. The fourth-order valence-electron chi connectivity index (χ4n) is 2.76. The third kappa shape index (κ3) is 5.07. The maximum absolute atomic E-state index is 12.8. The molecular weight excluding hydrogens is 422 g/mol. The maximum atomic E-state index is 12.8. The first-order valence-corrected chi connectivity index (χ1v) is 10.7. The molecule has 0 unspecified atom stereocenters. The van der Waals surface area contributed by atoms with E-state index in [0.29, 0.717) is 5.75 Å². The number of carbonyl (C=O) groups is 1. The van der Waals surface area contributed by atoms with Crippen molar-refractivity contribution in [2.45, 2.75) is 29.7 Å². The Labute approximate surface area is 179 Å². The quantitative estimate of drug-likeness (QED) is 0.231. The number of hydrogen-bond donors (Lipinski definition) is 0. The molecule has 9 heteroatoms. The Morgan fingerprint density at radius 3 is 1.90 bits per heavy atom. The minimum atomic E-state index is -3.78. The van der Waals surface area contributed by atoms with Crippen LogP contribution in [0.4, 0.5) is 5.69 Å². The summed E-state index contributed by atoms with van der Waals surface area (Å²) in [5, 5.41) is 11.1. The predicted molar refractivity (Wildman–Crippen MR) is 112 cm³/mol. The summed E-state index contributed by atoms with van der Waals surface area (Å²) in [6.45, 7) is 3.74. The summed E-state index contributed by atoms with van der Waals surface area (Å²) in [6, 6.07) is 16.7. The molecule has 0 N–H and O–H groups in total. The molecule has 0 amide bonds. The molecule has 0 atom stereocenters.